The van der Waals surface area contributed by atoms with Crippen LogP contribution in [0.25, 0.3) is 0 Å². The molecule has 0 aromatic heterocycles. The minimum Gasteiger partial charge on any atom is -0.444 e. The number of alkyl carbamates (subject to hydrolysis) is 1. The number of carbonyl (C=O) groups excluding carboxylic acids is 2. The molecule has 0 radical (unpaired) electrons. The average molecular weight is 285 g/mol. The van der Waals surface area contributed by atoms with Crippen LogP contribution in [0.3, 0.4) is 0 Å². The summed E-state index contributed by atoms with van der Waals surface area (Å²) in [5.41, 5.74) is -0.460. The minimum atomic E-state index is -0.460. The molecule has 20 heavy (non-hydrogen) atoms. The van der Waals surface area contributed by atoms with Gasteiger partial charge in [0.15, 0.2) is 0 Å². The maximum absolute atomic E-state index is 11.7. The van der Waals surface area contributed by atoms with E-state index < -0.39 is 5.60 Å². The average Bonchev–Trinajstić information content (AvgIpc) is 2.35. The molecule has 0 aromatic carbocycles. The van der Waals surface area contributed by atoms with Crippen LogP contribution in [0.2, 0.25) is 0 Å². The first kappa shape index (κ1) is 16.6. The zero-order valence-corrected chi connectivity index (χ0v) is 12.9. The summed E-state index contributed by atoms with van der Waals surface area (Å²) in [7, 11) is 1.61. The topological polar surface area (TPSA) is 79.5 Å². The standard InChI is InChI=1S/C14H27N3O3/c1-14(2,3)20-13(19)17-11-7-5-10(6-8-11)9-16-12(18)15-4/h10-11H,5-9H2,1-4H3,(H,17,19)(H2,15,16,18)/t10-,11-. The highest BCUT2D eigenvalue weighted by Gasteiger charge is 2.24. The van der Waals surface area contributed by atoms with E-state index in [0.29, 0.717) is 12.5 Å². The second kappa shape index (κ2) is 7.36. The smallest absolute Gasteiger partial charge is 0.407 e. The van der Waals surface area contributed by atoms with Gasteiger partial charge in [0.25, 0.3) is 0 Å². The summed E-state index contributed by atoms with van der Waals surface area (Å²) in [5, 5.41) is 8.28. The number of ether oxygens (including phenoxy) is 1. The number of amides is 3. The molecule has 1 aliphatic rings. The summed E-state index contributed by atoms with van der Waals surface area (Å²) >= 11 is 0. The molecule has 1 rings (SSSR count). The van der Waals surface area contributed by atoms with Gasteiger partial charge in [-0.25, -0.2) is 9.59 Å². The normalized spacial score (nSPS) is 22.8. The van der Waals surface area contributed by atoms with E-state index in [1.807, 2.05) is 20.8 Å². The van der Waals surface area contributed by atoms with Gasteiger partial charge in [0, 0.05) is 19.6 Å². The lowest BCUT2D eigenvalue weighted by molar-refractivity contribution is 0.0487. The van der Waals surface area contributed by atoms with Gasteiger partial charge in [-0.3, -0.25) is 0 Å². The van der Waals surface area contributed by atoms with Crippen LogP contribution < -0.4 is 16.0 Å². The van der Waals surface area contributed by atoms with E-state index in [1.54, 1.807) is 7.05 Å². The second-order valence-corrected chi connectivity index (χ2v) is 6.32. The molecule has 1 fully saturated rings. The predicted molar refractivity (Wildman–Crippen MR) is 77.6 cm³/mol. The molecule has 0 unspecified atom stereocenters. The molecular formula is C14H27N3O3. The van der Waals surface area contributed by atoms with Crippen LogP contribution in [0.5, 0.6) is 0 Å². The fraction of sp³-hybridized carbons (Fsp3) is 0.857. The van der Waals surface area contributed by atoms with Crippen molar-refractivity contribution in [1.82, 2.24) is 16.0 Å². The van der Waals surface area contributed by atoms with Crippen LogP contribution >= 0.6 is 0 Å². The summed E-state index contributed by atoms with van der Waals surface area (Å²) in [6.45, 7) is 6.26. The molecule has 0 spiro atoms. The molecule has 1 saturated carbocycles. The van der Waals surface area contributed by atoms with Gasteiger partial charge < -0.3 is 20.7 Å². The first-order chi connectivity index (χ1) is 9.30. The van der Waals surface area contributed by atoms with Gasteiger partial charge in [-0.1, -0.05) is 0 Å². The van der Waals surface area contributed by atoms with Crippen LogP contribution in [-0.4, -0.2) is 37.4 Å². The van der Waals surface area contributed by atoms with E-state index >= 15 is 0 Å². The third-order valence-electron chi connectivity index (χ3n) is 3.35. The molecule has 3 amide bonds. The molecule has 6 heteroatoms. The highest BCUT2D eigenvalue weighted by atomic mass is 16.6. The Morgan fingerprint density at radius 2 is 1.75 bits per heavy atom. The molecule has 0 aliphatic heterocycles. The summed E-state index contributed by atoms with van der Waals surface area (Å²) in [6.07, 6.45) is 3.53. The van der Waals surface area contributed by atoms with Crippen molar-refractivity contribution in [2.75, 3.05) is 13.6 Å². The Hall–Kier alpha value is -1.46. The van der Waals surface area contributed by atoms with Gasteiger partial charge in [0.1, 0.15) is 5.60 Å². The Bertz CT molecular complexity index is 331. The molecule has 3 N–H and O–H groups in total. The Balaban J connectivity index is 2.22. The van der Waals surface area contributed by atoms with Crippen molar-refractivity contribution in [1.29, 1.82) is 0 Å². The molecule has 0 bridgehead atoms. The van der Waals surface area contributed by atoms with Gasteiger partial charge in [0.05, 0.1) is 0 Å². The van der Waals surface area contributed by atoms with Crippen molar-refractivity contribution in [2.45, 2.75) is 58.1 Å². The Morgan fingerprint density at radius 1 is 1.15 bits per heavy atom. The number of hydrogen-bond acceptors (Lipinski definition) is 3. The van der Waals surface area contributed by atoms with Gasteiger partial charge in [-0.15, -0.1) is 0 Å². The molecule has 0 atom stereocenters. The number of urea groups is 1. The number of nitrogens with one attached hydrogen (secondary N) is 3. The first-order valence-electron chi connectivity index (χ1n) is 7.25. The SMILES string of the molecule is CNC(=O)NC[C@H]1CC[C@H](NC(=O)OC(C)(C)C)CC1. The summed E-state index contributed by atoms with van der Waals surface area (Å²) in [5.74, 6) is 0.490. The second-order valence-electron chi connectivity index (χ2n) is 6.32. The van der Waals surface area contributed by atoms with E-state index in [1.165, 1.54) is 0 Å². The van der Waals surface area contributed by atoms with Crippen LogP contribution in [0, 0.1) is 5.92 Å². The van der Waals surface area contributed by atoms with Gasteiger partial charge in [-0.2, -0.15) is 0 Å². The van der Waals surface area contributed by atoms with Crippen LogP contribution in [0.1, 0.15) is 46.5 Å². The first-order valence-corrected chi connectivity index (χ1v) is 7.25. The highest BCUT2D eigenvalue weighted by Crippen LogP contribution is 2.24. The summed E-state index contributed by atoms with van der Waals surface area (Å²) < 4.78 is 5.25. The van der Waals surface area contributed by atoms with Crippen LogP contribution in [0.4, 0.5) is 9.59 Å². The lowest BCUT2D eigenvalue weighted by Gasteiger charge is -2.30. The fourth-order valence-electron chi connectivity index (χ4n) is 2.31. The van der Waals surface area contributed by atoms with Crippen LogP contribution in [0.15, 0.2) is 0 Å². The lowest BCUT2D eigenvalue weighted by Crippen LogP contribution is -2.42. The van der Waals surface area contributed by atoms with Crippen molar-refractivity contribution in [3.63, 3.8) is 0 Å². The van der Waals surface area contributed by atoms with E-state index in [9.17, 15) is 9.59 Å². The van der Waals surface area contributed by atoms with Gasteiger partial charge in [-0.05, 0) is 52.4 Å². The Morgan fingerprint density at radius 3 is 2.25 bits per heavy atom. The number of hydrogen-bond donors (Lipinski definition) is 3. The van der Waals surface area contributed by atoms with Gasteiger partial charge in [0.2, 0.25) is 0 Å². The lowest BCUT2D eigenvalue weighted by atomic mass is 9.86. The third kappa shape index (κ3) is 6.63. The Labute approximate surface area is 121 Å². The summed E-state index contributed by atoms with van der Waals surface area (Å²) in [4.78, 5) is 22.8. The zero-order chi connectivity index (χ0) is 15.2. The van der Waals surface area contributed by atoms with Crippen molar-refractivity contribution >= 4 is 12.1 Å². The van der Waals surface area contributed by atoms with Crippen molar-refractivity contribution in [2.24, 2.45) is 5.92 Å². The molecule has 0 saturated heterocycles. The van der Waals surface area contributed by atoms with Crippen molar-refractivity contribution in [3.8, 4) is 0 Å². The summed E-state index contributed by atoms with van der Waals surface area (Å²) in [6, 6.07) is 0.0418. The maximum atomic E-state index is 11.7. The molecule has 116 valence electrons. The largest absolute Gasteiger partial charge is 0.444 e. The monoisotopic (exact) mass is 285 g/mol. The van der Waals surface area contributed by atoms with Crippen molar-refractivity contribution in [3.05, 3.63) is 0 Å². The highest BCUT2D eigenvalue weighted by molar-refractivity contribution is 5.73. The minimum absolute atomic E-state index is 0.140. The maximum Gasteiger partial charge on any atom is 0.407 e. The molecule has 1 aliphatic carbocycles. The Kier molecular flexibility index (Phi) is 6.10. The third-order valence-corrected chi connectivity index (χ3v) is 3.35. The van der Waals surface area contributed by atoms with E-state index in [0.717, 1.165) is 25.7 Å². The molecule has 6 nitrogen and oxygen atoms in total. The van der Waals surface area contributed by atoms with E-state index in [4.69, 9.17) is 4.74 Å². The van der Waals surface area contributed by atoms with Gasteiger partial charge >= 0.3 is 12.1 Å². The predicted octanol–water partition coefficient (Wildman–Crippen LogP) is 2.00. The fourth-order valence-corrected chi connectivity index (χ4v) is 2.31. The van der Waals surface area contributed by atoms with E-state index in [2.05, 4.69) is 16.0 Å². The molecular weight excluding hydrogens is 258 g/mol. The quantitative estimate of drug-likeness (QED) is 0.742. The van der Waals surface area contributed by atoms with Crippen LogP contribution in [-0.2, 0) is 4.74 Å². The molecule has 0 heterocycles. The molecule has 0 aromatic rings. The zero-order valence-electron chi connectivity index (χ0n) is 12.9. The number of carbonyl (C=O) groups is 2. The van der Waals surface area contributed by atoms with Crippen molar-refractivity contribution < 1.29 is 14.3 Å². The van der Waals surface area contributed by atoms with E-state index in [-0.39, 0.29) is 18.2 Å². The number of rotatable bonds is 3.